The Morgan fingerprint density at radius 3 is 2.94 bits per heavy atom. The summed E-state index contributed by atoms with van der Waals surface area (Å²) in [4.78, 5) is 18.2. The first kappa shape index (κ1) is 12.5. The molecule has 0 bridgehead atoms. The molecule has 0 saturated heterocycles. The maximum Gasteiger partial charge on any atom is 0.372 e. The maximum atomic E-state index is 11.0. The third-order valence-electron chi connectivity index (χ3n) is 2.78. The largest absolute Gasteiger partial charge is 0.473 e. The highest BCUT2D eigenvalue weighted by molar-refractivity contribution is 5.60. The van der Waals surface area contributed by atoms with Crippen LogP contribution in [0.2, 0.25) is 0 Å². The van der Waals surface area contributed by atoms with Crippen LogP contribution in [0.4, 0.5) is 11.5 Å². The first-order valence-electron chi connectivity index (χ1n) is 6.08. The van der Waals surface area contributed by atoms with E-state index in [1.807, 2.05) is 6.92 Å². The number of anilines is 1. The Morgan fingerprint density at radius 1 is 1.56 bits per heavy atom. The lowest BCUT2D eigenvalue weighted by atomic mass is 10.3. The van der Waals surface area contributed by atoms with Crippen LogP contribution in [0, 0.1) is 16.0 Å². The third kappa shape index (κ3) is 3.06. The quantitative estimate of drug-likeness (QED) is 0.589. The van der Waals surface area contributed by atoms with Crippen molar-refractivity contribution in [2.45, 2.75) is 26.2 Å². The zero-order valence-corrected chi connectivity index (χ0v) is 10.3. The van der Waals surface area contributed by atoms with E-state index in [4.69, 9.17) is 4.74 Å². The van der Waals surface area contributed by atoms with Crippen LogP contribution >= 0.6 is 0 Å². The molecule has 1 saturated carbocycles. The van der Waals surface area contributed by atoms with Gasteiger partial charge in [0.05, 0.1) is 11.5 Å². The molecule has 1 aromatic heterocycles. The fourth-order valence-corrected chi connectivity index (χ4v) is 1.66. The number of nitro groups is 1. The second-order valence-corrected chi connectivity index (χ2v) is 4.24. The average molecular weight is 252 g/mol. The summed E-state index contributed by atoms with van der Waals surface area (Å²) in [6.45, 7) is 2.87. The van der Waals surface area contributed by atoms with Crippen molar-refractivity contribution < 1.29 is 9.66 Å². The number of nitrogens with one attached hydrogen (secondary N) is 1. The molecule has 0 spiro atoms. The number of hydrogen-bond donors (Lipinski definition) is 1. The minimum absolute atomic E-state index is 0.0478. The molecule has 98 valence electrons. The highest BCUT2D eigenvalue weighted by atomic mass is 16.6. The molecule has 0 aliphatic heterocycles. The molecule has 0 aromatic carbocycles. The monoisotopic (exact) mass is 252 g/mol. The summed E-state index contributed by atoms with van der Waals surface area (Å²) in [6.07, 6.45) is 4.67. The van der Waals surface area contributed by atoms with E-state index < -0.39 is 4.92 Å². The molecule has 0 amide bonds. The summed E-state index contributed by atoms with van der Waals surface area (Å²) in [7, 11) is 0. The van der Waals surface area contributed by atoms with Crippen LogP contribution in [0.3, 0.4) is 0 Å². The van der Waals surface area contributed by atoms with E-state index in [2.05, 4.69) is 15.3 Å². The van der Waals surface area contributed by atoms with Gasteiger partial charge in [0.1, 0.15) is 6.33 Å². The van der Waals surface area contributed by atoms with Gasteiger partial charge in [0, 0.05) is 6.54 Å². The first-order chi connectivity index (χ1) is 8.72. The lowest BCUT2D eigenvalue weighted by Crippen LogP contribution is -2.08. The Hall–Kier alpha value is -1.92. The highest BCUT2D eigenvalue weighted by Crippen LogP contribution is 2.34. The van der Waals surface area contributed by atoms with Gasteiger partial charge in [-0.1, -0.05) is 12.8 Å². The summed E-state index contributed by atoms with van der Waals surface area (Å²) in [5.41, 5.74) is -0.185. The average Bonchev–Trinajstić information content (AvgIpc) is 3.13. The lowest BCUT2D eigenvalue weighted by molar-refractivity contribution is -0.385. The van der Waals surface area contributed by atoms with Gasteiger partial charge >= 0.3 is 5.69 Å². The van der Waals surface area contributed by atoms with Gasteiger partial charge in [-0.05, 0) is 19.3 Å². The minimum atomic E-state index is -0.509. The standard InChI is InChI=1S/C11H16N4O3/c1-2-12-10-9(15(16)17)11(14-7-13-10)18-6-5-8-3-4-8/h7-8H,2-6H2,1H3,(H,12,13,14). The van der Waals surface area contributed by atoms with Crippen LogP contribution in [0.25, 0.3) is 0 Å². The SMILES string of the molecule is CCNc1ncnc(OCCC2CC2)c1[N+](=O)[O-]. The van der Waals surface area contributed by atoms with Crippen molar-refractivity contribution in [1.29, 1.82) is 0 Å². The Kier molecular flexibility index (Phi) is 3.91. The van der Waals surface area contributed by atoms with Crippen molar-refractivity contribution in [2.75, 3.05) is 18.5 Å². The number of nitrogens with zero attached hydrogens (tertiary/aromatic N) is 3. The topological polar surface area (TPSA) is 90.2 Å². The Morgan fingerprint density at radius 2 is 2.33 bits per heavy atom. The first-order valence-corrected chi connectivity index (χ1v) is 6.08. The summed E-state index contributed by atoms with van der Waals surface area (Å²) in [5.74, 6) is 0.977. The van der Waals surface area contributed by atoms with Crippen molar-refractivity contribution in [3.63, 3.8) is 0 Å². The molecule has 1 aliphatic rings. The smallest absolute Gasteiger partial charge is 0.372 e. The molecule has 18 heavy (non-hydrogen) atoms. The van der Waals surface area contributed by atoms with Crippen molar-refractivity contribution in [2.24, 2.45) is 5.92 Å². The molecule has 7 heteroatoms. The Balaban J connectivity index is 2.10. The zero-order chi connectivity index (χ0) is 13.0. The van der Waals surface area contributed by atoms with Crippen LogP contribution in [0.15, 0.2) is 6.33 Å². The number of aromatic nitrogens is 2. The molecule has 1 aliphatic carbocycles. The molecule has 2 rings (SSSR count). The van der Waals surface area contributed by atoms with Crippen LogP contribution in [-0.4, -0.2) is 28.0 Å². The van der Waals surface area contributed by atoms with E-state index >= 15 is 0 Å². The van der Waals surface area contributed by atoms with E-state index in [9.17, 15) is 10.1 Å². The lowest BCUT2D eigenvalue weighted by Gasteiger charge is -2.08. The molecule has 7 nitrogen and oxygen atoms in total. The molecular formula is C11H16N4O3. The van der Waals surface area contributed by atoms with E-state index in [1.165, 1.54) is 19.2 Å². The van der Waals surface area contributed by atoms with Crippen molar-refractivity contribution in [3.05, 3.63) is 16.4 Å². The van der Waals surface area contributed by atoms with Gasteiger partial charge in [0.25, 0.3) is 5.88 Å². The second-order valence-electron chi connectivity index (χ2n) is 4.24. The fraction of sp³-hybridized carbons (Fsp3) is 0.636. The van der Waals surface area contributed by atoms with E-state index in [0.717, 1.165) is 12.3 Å². The van der Waals surface area contributed by atoms with Gasteiger partial charge in [0.15, 0.2) is 0 Å². The van der Waals surface area contributed by atoms with Gasteiger partial charge < -0.3 is 10.1 Å². The molecule has 1 fully saturated rings. The molecule has 0 unspecified atom stereocenters. The van der Waals surface area contributed by atoms with E-state index in [-0.39, 0.29) is 17.4 Å². The van der Waals surface area contributed by atoms with Crippen LogP contribution < -0.4 is 10.1 Å². The summed E-state index contributed by atoms with van der Waals surface area (Å²) >= 11 is 0. The van der Waals surface area contributed by atoms with Gasteiger partial charge in [-0.25, -0.2) is 4.98 Å². The second kappa shape index (κ2) is 5.61. The predicted molar refractivity (Wildman–Crippen MR) is 65.7 cm³/mol. The number of ether oxygens (including phenoxy) is 1. The van der Waals surface area contributed by atoms with Crippen LogP contribution in [0.1, 0.15) is 26.2 Å². The molecule has 0 atom stereocenters. The molecule has 1 heterocycles. The van der Waals surface area contributed by atoms with Crippen LogP contribution in [-0.2, 0) is 0 Å². The Labute approximate surface area is 105 Å². The molecule has 0 radical (unpaired) electrons. The number of hydrogen-bond acceptors (Lipinski definition) is 6. The van der Waals surface area contributed by atoms with Gasteiger partial charge in [-0.15, -0.1) is 0 Å². The predicted octanol–water partition coefficient (Wildman–Crippen LogP) is 2.00. The third-order valence-corrected chi connectivity index (χ3v) is 2.78. The van der Waals surface area contributed by atoms with Crippen LogP contribution in [0.5, 0.6) is 5.88 Å². The summed E-state index contributed by atoms with van der Waals surface area (Å²) in [5, 5.41) is 13.9. The Bertz CT molecular complexity index is 434. The summed E-state index contributed by atoms with van der Waals surface area (Å²) in [6, 6.07) is 0. The van der Waals surface area contributed by atoms with Crippen molar-refractivity contribution >= 4 is 11.5 Å². The van der Waals surface area contributed by atoms with Gasteiger partial charge in [-0.2, -0.15) is 4.98 Å². The van der Waals surface area contributed by atoms with E-state index in [1.54, 1.807) is 0 Å². The highest BCUT2D eigenvalue weighted by Gasteiger charge is 2.25. The maximum absolute atomic E-state index is 11.0. The van der Waals surface area contributed by atoms with Crippen molar-refractivity contribution in [1.82, 2.24) is 9.97 Å². The van der Waals surface area contributed by atoms with E-state index in [0.29, 0.717) is 13.2 Å². The normalized spacial score (nSPS) is 14.3. The minimum Gasteiger partial charge on any atom is -0.473 e. The molecule has 1 N–H and O–H groups in total. The molecular weight excluding hydrogens is 236 g/mol. The van der Waals surface area contributed by atoms with Gasteiger partial charge in [-0.3, -0.25) is 10.1 Å². The zero-order valence-electron chi connectivity index (χ0n) is 10.3. The number of rotatable bonds is 7. The fourth-order valence-electron chi connectivity index (χ4n) is 1.66. The summed E-state index contributed by atoms with van der Waals surface area (Å²) < 4.78 is 5.40. The van der Waals surface area contributed by atoms with Crippen molar-refractivity contribution in [3.8, 4) is 5.88 Å². The molecule has 1 aromatic rings. The van der Waals surface area contributed by atoms with Gasteiger partial charge in [0.2, 0.25) is 5.82 Å².